The van der Waals surface area contributed by atoms with Gasteiger partial charge < -0.3 is 15.4 Å². The van der Waals surface area contributed by atoms with E-state index >= 15 is 0 Å². The minimum Gasteiger partial charge on any atom is -0.372 e. The van der Waals surface area contributed by atoms with Crippen LogP contribution in [0.3, 0.4) is 0 Å². The lowest BCUT2D eigenvalue weighted by Gasteiger charge is -2.28. The summed E-state index contributed by atoms with van der Waals surface area (Å²) in [5, 5.41) is 6.77. The lowest BCUT2D eigenvalue weighted by atomic mass is 9.89. The van der Waals surface area contributed by atoms with Crippen molar-refractivity contribution < 1.29 is 9.53 Å². The maximum Gasteiger partial charge on any atom is 0.220 e. The Labute approximate surface area is 167 Å². The van der Waals surface area contributed by atoms with E-state index < -0.39 is 0 Å². The van der Waals surface area contributed by atoms with Crippen molar-refractivity contribution in [2.75, 3.05) is 0 Å². The van der Waals surface area contributed by atoms with Crippen molar-refractivity contribution in [3.8, 4) is 0 Å². The number of benzene rings is 2. The van der Waals surface area contributed by atoms with Crippen molar-refractivity contribution in [1.29, 1.82) is 0 Å². The highest BCUT2D eigenvalue weighted by atomic mass is 16.5. The van der Waals surface area contributed by atoms with Crippen molar-refractivity contribution in [3.63, 3.8) is 0 Å². The number of carbonyl (C=O) groups excluding carboxylic acids is 1. The molecule has 0 saturated carbocycles. The largest absolute Gasteiger partial charge is 0.372 e. The molecule has 2 heterocycles. The van der Waals surface area contributed by atoms with E-state index in [1.807, 2.05) is 30.3 Å². The first-order chi connectivity index (χ1) is 13.8. The number of nitrogens with one attached hydrogen (secondary N) is 2. The van der Waals surface area contributed by atoms with Gasteiger partial charge in [-0.2, -0.15) is 0 Å². The van der Waals surface area contributed by atoms with Gasteiger partial charge in [-0.05, 0) is 48.3 Å². The van der Waals surface area contributed by atoms with E-state index in [1.54, 1.807) is 0 Å². The van der Waals surface area contributed by atoms with E-state index in [0.717, 1.165) is 24.0 Å². The summed E-state index contributed by atoms with van der Waals surface area (Å²) in [7, 11) is 0. The van der Waals surface area contributed by atoms with Crippen LogP contribution >= 0.6 is 0 Å². The number of fused-ring (bicyclic) bond motifs is 2. The van der Waals surface area contributed by atoms with Gasteiger partial charge in [0.15, 0.2) is 0 Å². The van der Waals surface area contributed by atoms with Crippen LogP contribution in [0.4, 0.5) is 0 Å². The average molecular weight is 379 g/mol. The van der Waals surface area contributed by atoms with Crippen molar-refractivity contribution in [1.82, 2.24) is 10.6 Å². The first-order valence-electron chi connectivity index (χ1n) is 10.5. The Bertz CT molecular complexity index is 765. The number of amides is 1. The Morgan fingerprint density at radius 1 is 0.929 bits per heavy atom. The van der Waals surface area contributed by atoms with Crippen LogP contribution in [0.15, 0.2) is 54.6 Å². The Morgan fingerprint density at radius 3 is 2.36 bits per heavy atom. The summed E-state index contributed by atoms with van der Waals surface area (Å²) in [5.74, 6) is 0.703. The second-order valence-electron chi connectivity index (χ2n) is 8.20. The molecular formula is C24H30N2O2. The zero-order valence-corrected chi connectivity index (χ0v) is 16.4. The van der Waals surface area contributed by atoms with E-state index in [1.165, 1.54) is 18.4 Å². The molecule has 28 heavy (non-hydrogen) atoms. The normalized spacial score (nSPS) is 23.5. The predicted octanol–water partition coefficient (Wildman–Crippen LogP) is 3.94. The van der Waals surface area contributed by atoms with Gasteiger partial charge in [0.2, 0.25) is 5.91 Å². The summed E-state index contributed by atoms with van der Waals surface area (Å²) in [6.07, 6.45) is 5.50. The highest BCUT2D eigenvalue weighted by Gasteiger charge is 2.34. The zero-order chi connectivity index (χ0) is 19.2. The average Bonchev–Trinajstić information content (AvgIpc) is 3.06. The van der Waals surface area contributed by atoms with Crippen LogP contribution in [0.25, 0.3) is 0 Å². The molecule has 2 saturated heterocycles. The second-order valence-corrected chi connectivity index (χ2v) is 8.20. The van der Waals surface area contributed by atoms with Crippen LogP contribution in [0.1, 0.15) is 48.8 Å². The molecule has 2 aliphatic rings. The lowest BCUT2D eigenvalue weighted by molar-refractivity contribution is -0.122. The number of hydrogen-bond acceptors (Lipinski definition) is 3. The molecule has 0 aromatic heterocycles. The first-order valence-corrected chi connectivity index (χ1v) is 10.5. The van der Waals surface area contributed by atoms with Crippen molar-refractivity contribution in [2.24, 2.45) is 5.92 Å². The van der Waals surface area contributed by atoms with Gasteiger partial charge in [0, 0.05) is 25.0 Å². The Balaban J connectivity index is 1.24. The topological polar surface area (TPSA) is 50.4 Å². The molecule has 148 valence electrons. The third kappa shape index (κ3) is 5.21. The smallest absolute Gasteiger partial charge is 0.220 e. The summed E-state index contributed by atoms with van der Waals surface area (Å²) in [6, 6.07) is 19.7. The standard InChI is InChI=1S/C24H30N2O2/c27-24(14-19-12-22-10-11-23(13-19)26-22)25-15-20-8-4-5-9-21(20)17-28-16-18-6-2-1-3-7-18/h1-9,19,22-23,26H,10-17H2,(H,25,27). The van der Waals surface area contributed by atoms with Gasteiger partial charge in [0.25, 0.3) is 0 Å². The molecule has 0 radical (unpaired) electrons. The molecule has 2 unspecified atom stereocenters. The number of piperidine rings is 1. The number of rotatable bonds is 8. The molecule has 2 fully saturated rings. The third-order valence-corrected chi connectivity index (χ3v) is 6.01. The quantitative estimate of drug-likeness (QED) is 0.731. The van der Waals surface area contributed by atoms with Crippen LogP contribution in [0, 0.1) is 5.92 Å². The number of carbonyl (C=O) groups is 1. The molecule has 4 heteroatoms. The highest BCUT2D eigenvalue weighted by molar-refractivity contribution is 5.76. The fourth-order valence-electron chi connectivity index (χ4n) is 4.59. The molecule has 2 aromatic rings. The minimum absolute atomic E-state index is 0.173. The van der Waals surface area contributed by atoms with Crippen molar-refractivity contribution in [3.05, 3.63) is 71.3 Å². The van der Waals surface area contributed by atoms with Gasteiger partial charge in [-0.1, -0.05) is 54.6 Å². The van der Waals surface area contributed by atoms with Crippen molar-refractivity contribution >= 4 is 5.91 Å². The van der Waals surface area contributed by atoms with E-state index in [4.69, 9.17) is 4.74 Å². The second kappa shape index (κ2) is 9.35. The van der Waals surface area contributed by atoms with E-state index in [2.05, 4.69) is 34.9 Å². The minimum atomic E-state index is 0.173. The number of ether oxygens (including phenoxy) is 1. The molecule has 2 atom stereocenters. The molecule has 4 rings (SSSR count). The van der Waals surface area contributed by atoms with Gasteiger partial charge in [-0.3, -0.25) is 4.79 Å². The molecule has 2 bridgehead atoms. The third-order valence-electron chi connectivity index (χ3n) is 6.01. The molecule has 2 aromatic carbocycles. The van der Waals surface area contributed by atoms with Crippen LogP contribution in [-0.2, 0) is 29.3 Å². The molecule has 0 aliphatic carbocycles. The Morgan fingerprint density at radius 2 is 1.61 bits per heavy atom. The van der Waals surface area contributed by atoms with Gasteiger partial charge in [0.1, 0.15) is 0 Å². The fraction of sp³-hybridized carbons (Fsp3) is 0.458. The molecule has 2 N–H and O–H groups in total. The van der Waals surface area contributed by atoms with E-state index in [9.17, 15) is 4.79 Å². The summed E-state index contributed by atoms with van der Waals surface area (Å²) in [4.78, 5) is 12.5. The van der Waals surface area contributed by atoms with E-state index in [-0.39, 0.29) is 5.91 Å². The number of hydrogen-bond donors (Lipinski definition) is 2. The maximum atomic E-state index is 12.5. The summed E-state index contributed by atoms with van der Waals surface area (Å²) in [6.45, 7) is 1.72. The zero-order valence-electron chi connectivity index (χ0n) is 16.4. The monoisotopic (exact) mass is 378 g/mol. The van der Waals surface area contributed by atoms with Gasteiger partial charge >= 0.3 is 0 Å². The van der Waals surface area contributed by atoms with Crippen LogP contribution in [0.2, 0.25) is 0 Å². The molecule has 4 nitrogen and oxygen atoms in total. The summed E-state index contributed by atoms with van der Waals surface area (Å²) >= 11 is 0. The molecular weight excluding hydrogens is 348 g/mol. The predicted molar refractivity (Wildman–Crippen MR) is 111 cm³/mol. The first kappa shape index (κ1) is 19.2. The van der Waals surface area contributed by atoms with Crippen LogP contribution in [0.5, 0.6) is 0 Å². The van der Waals surface area contributed by atoms with Gasteiger partial charge in [-0.15, -0.1) is 0 Å². The molecule has 1 amide bonds. The maximum absolute atomic E-state index is 12.5. The fourth-order valence-corrected chi connectivity index (χ4v) is 4.59. The summed E-state index contributed by atoms with van der Waals surface area (Å²) in [5.41, 5.74) is 3.44. The lowest BCUT2D eigenvalue weighted by Crippen LogP contribution is -2.39. The van der Waals surface area contributed by atoms with Crippen molar-refractivity contribution in [2.45, 2.75) is 63.9 Å². The Hall–Kier alpha value is -2.17. The molecule has 2 aliphatic heterocycles. The SMILES string of the molecule is O=C(CC1CC2CCC(C1)N2)NCc1ccccc1COCc1ccccc1. The van der Waals surface area contributed by atoms with E-state index in [0.29, 0.717) is 44.2 Å². The van der Waals surface area contributed by atoms with Crippen LogP contribution < -0.4 is 10.6 Å². The van der Waals surface area contributed by atoms with Gasteiger partial charge in [0.05, 0.1) is 13.2 Å². The van der Waals surface area contributed by atoms with Gasteiger partial charge in [-0.25, -0.2) is 0 Å². The molecule has 0 spiro atoms. The summed E-state index contributed by atoms with van der Waals surface area (Å²) < 4.78 is 5.89. The Kier molecular flexibility index (Phi) is 6.40. The highest BCUT2D eigenvalue weighted by Crippen LogP contribution is 2.32. The van der Waals surface area contributed by atoms with Crippen LogP contribution in [-0.4, -0.2) is 18.0 Å².